The van der Waals surface area contributed by atoms with Crippen LogP contribution in [0.3, 0.4) is 0 Å². The number of hydrogen-bond acceptors (Lipinski definition) is 5. The maximum absolute atomic E-state index is 13.4. The molecule has 2 atom stereocenters. The van der Waals surface area contributed by atoms with Gasteiger partial charge in [-0.2, -0.15) is 0 Å². The lowest BCUT2D eigenvalue weighted by Gasteiger charge is -2.19. The van der Waals surface area contributed by atoms with Crippen LogP contribution in [-0.2, 0) is 11.3 Å². The zero-order valence-corrected chi connectivity index (χ0v) is 13.7. The summed E-state index contributed by atoms with van der Waals surface area (Å²) in [6.07, 6.45) is -3.32. The van der Waals surface area contributed by atoms with Gasteiger partial charge in [-0.25, -0.2) is 9.18 Å². The number of ether oxygens (including phenoxy) is 2. The molecular formula is C18H20FNO5. The van der Waals surface area contributed by atoms with Crippen molar-refractivity contribution in [2.24, 2.45) is 0 Å². The molecule has 7 heteroatoms. The van der Waals surface area contributed by atoms with Gasteiger partial charge in [0, 0.05) is 6.54 Å². The molecule has 25 heavy (non-hydrogen) atoms. The highest BCUT2D eigenvalue weighted by Crippen LogP contribution is 2.24. The molecule has 0 bridgehead atoms. The Balaban J connectivity index is 1.82. The Kier molecular flexibility index (Phi) is 6.73. The highest BCUT2D eigenvalue weighted by molar-refractivity contribution is 5.67. The molecule has 0 aliphatic rings. The summed E-state index contributed by atoms with van der Waals surface area (Å²) < 4.78 is 23.2. The van der Waals surface area contributed by atoms with E-state index in [1.165, 1.54) is 19.2 Å². The van der Waals surface area contributed by atoms with Gasteiger partial charge in [0.1, 0.15) is 18.8 Å². The van der Waals surface area contributed by atoms with Gasteiger partial charge in [0.05, 0.1) is 7.11 Å². The number of methoxy groups -OCH3 is 1. The van der Waals surface area contributed by atoms with E-state index in [-0.39, 0.29) is 24.5 Å². The maximum atomic E-state index is 13.4. The molecule has 0 fully saturated rings. The molecule has 0 radical (unpaired) electrons. The first kappa shape index (κ1) is 18.7. The van der Waals surface area contributed by atoms with Gasteiger partial charge in [-0.15, -0.1) is 0 Å². The number of halogens is 1. The van der Waals surface area contributed by atoms with Crippen molar-refractivity contribution in [1.29, 1.82) is 0 Å². The zero-order valence-electron chi connectivity index (χ0n) is 13.7. The summed E-state index contributed by atoms with van der Waals surface area (Å²) in [4.78, 5) is 11.6. The van der Waals surface area contributed by atoms with Crippen molar-refractivity contribution in [3.05, 3.63) is 65.5 Å². The van der Waals surface area contributed by atoms with E-state index in [9.17, 15) is 19.4 Å². The molecule has 0 spiro atoms. The van der Waals surface area contributed by atoms with Crippen LogP contribution in [0.5, 0.6) is 5.75 Å². The Hall–Kier alpha value is -2.64. The van der Waals surface area contributed by atoms with Crippen LogP contribution in [0, 0.1) is 5.82 Å². The number of carbonyl (C=O) groups is 1. The maximum Gasteiger partial charge on any atom is 0.407 e. The first-order valence-electron chi connectivity index (χ1n) is 7.65. The Bertz CT molecular complexity index is 695. The van der Waals surface area contributed by atoms with E-state index in [4.69, 9.17) is 9.47 Å². The summed E-state index contributed by atoms with van der Waals surface area (Å²) in [6, 6.07) is 12.9. The Morgan fingerprint density at radius 1 is 1.20 bits per heavy atom. The van der Waals surface area contributed by atoms with Gasteiger partial charge in [-0.3, -0.25) is 0 Å². The van der Waals surface area contributed by atoms with E-state index in [0.29, 0.717) is 0 Å². The minimum atomic E-state index is -1.32. The van der Waals surface area contributed by atoms with Crippen LogP contribution in [-0.4, -0.2) is 36.1 Å². The number of amides is 1. The van der Waals surface area contributed by atoms with Crippen molar-refractivity contribution in [3.63, 3.8) is 0 Å². The summed E-state index contributed by atoms with van der Waals surface area (Å²) in [5.74, 6) is -0.616. The van der Waals surface area contributed by atoms with Gasteiger partial charge in [-0.05, 0) is 23.3 Å². The minimum Gasteiger partial charge on any atom is -0.494 e. The van der Waals surface area contributed by atoms with Crippen molar-refractivity contribution >= 4 is 6.09 Å². The van der Waals surface area contributed by atoms with Gasteiger partial charge in [0.15, 0.2) is 11.6 Å². The van der Waals surface area contributed by atoms with Gasteiger partial charge in [-0.1, -0.05) is 36.4 Å². The van der Waals surface area contributed by atoms with E-state index < -0.39 is 24.1 Å². The number of alkyl carbamates (subject to hydrolysis) is 1. The second-order valence-electron chi connectivity index (χ2n) is 5.35. The highest BCUT2D eigenvalue weighted by atomic mass is 19.1. The third kappa shape index (κ3) is 5.44. The standard InChI is InChI=1S/C18H20FNO5/c1-24-16-9-13(7-8-14(16)19)17(22)15(21)10-20-18(23)25-11-12-5-3-2-4-6-12/h2-9,15,17,21-22H,10-11H2,1H3,(H,20,23). The van der Waals surface area contributed by atoms with Gasteiger partial charge < -0.3 is 25.0 Å². The van der Waals surface area contributed by atoms with E-state index in [0.717, 1.165) is 11.6 Å². The molecule has 0 aromatic heterocycles. The smallest absolute Gasteiger partial charge is 0.407 e. The number of aliphatic hydroxyl groups excluding tert-OH is 2. The first-order valence-corrected chi connectivity index (χ1v) is 7.65. The molecule has 2 aromatic rings. The molecule has 2 aromatic carbocycles. The number of benzene rings is 2. The summed E-state index contributed by atoms with van der Waals surface area (Å²) in [5, 5.41) is 22.5. The van der Waals surface area contributed by atoms with Crippen molar-refractivity contribution in [2.75, 3.05) is 13.7 Å². The van der Waals surface area contributed by atoms with Crippen LogP contribution in [0.1, 0.15) is 17.2 Å². The third-order valence-electron chi connectivity index (χ3n) is 3.55. The molecule has 0 saturated carbocycles. The molecule has 0 heterocycles. The molecule has 2 rings (SSSR count). The number of rotatable bonds is 7. The molecule has 3 N–H and O–H groups in total. The predicted octanol–water partition coefficient (Wildman–Crippen LogP) is 2.16. The molecule has 0 aliphatic heterocycles. The number of aliphatic hydroxyl groups is 2. The van der Waals surface area contributed by atoms with E-state index in [1.807, 2.05) is 30.3 Å². The van der Waals surface area contributed by atoms with Crippen molar-refractivity contribution in [1.82, 2.24) is 5.32 Å². The average Bonchev–Trinajstić information content (AvgIpc) is 2.65. The number of carbonyl (C=O) groups excluding carboxylic acids is 1. The van der Waals surface area contributed by atoms with E-state index >= 15 is 0 Å². The normalized spacial score (nSPS) is 13.0. The highest BCUT2D eigenvalue weighted by Gasteiger charge is 2.20. The van der Waals surface area contributed by atoms with Crippen molar-refractivity contribution in [2.45, 2.75) is 18.8 Å². The fraction of sp³-hybridized carbons (Fsp3) is 0.278. The van der Waals surface area contributed by atoms with Crippen molar-refractivity contribution in [3.8, 4) is 5.75 Å². The SMILES string of the molecule is COc1cc(C(O)C(O)CNC(=O)OCc2ccccc2)ccc1F. The van der Waals surface area contributed by atoms with Crippen LogP contribution in [0.4, 0.5) is 9.18 Å². The summed E-state index contributed by atoms with van der Waals surface area (Å²) in [6.45, 7) is -0.130. The van der Waals surface area contributed by atoms with Crippen LogP contribution in [0.15, 0.2) is 48.5 Å². The van der Waals surface area contributed by atoms with Gasteiger partial charge in [0.25, 0.3) is 0 Å². The average molecular weight is 349 g/mol. The lowest BCUT2D eigenvalue weighted by atomic mass is 10.0. The van der Waals surface area contributed by atoms with Gasteiger partial charge >= 0.3 is 6.09 Å². The number of nitrogens with one attached hydrogen (secondary N) is 1. The predicted molar refractivity (Wildman–Crippen MR) is 88.5 cm³/mol. The third-order valence-corrected chi connectivity index (χ3v) is 3.55. The van der Waals surface area contributed by atoms with Crippen LogP contribution in [0.2, 0.25) is 0 Å². The molecule has 0 aliphatic carbocycles. The monoisotopic (exact) mass is 349 g/mol. The van der Waals surface area contributed by atoms with E-state index in [1.54, 1.807) is 0 Å². The van der Waals surface area contributed by atoms with Crippen molar-refractivity contribution < 1.29 is 28.9 Å². The van der Waals surface area contributed by atoms with E-state index in [2.05, 4.69) is 5.32 Å². The lowest BCUT2D eigenvalue weighted by Crippen LogP contribution is -2.35. The second kappa shape index (κ2) is 9.00. The fourth-order valence-electron chi connectivity index (χ4n) is 2.16. The quantitative estimate of drug-likeness (QED) is 0.713. The first-order chi connectivity index (χ1) is 12.0. The number of hydrogen-bond donors (Lipinski definition) is 3. The Labute approximate surface area is 144 Å². The topological polar surface area (TPSA) is 88.0 Å². The lowest BCUT2D eigenvalue weighted by molar-refractivity contribution is 0.0182. The minimum absolute atomic E-state index is 0.0426. The molecule has 2 unspecified atom stereocenters. The van der Waals surface area contributed by atoms with Crippen LogP contribution in [0.25, 0.3) is 0 Å². The second-order valence-corrected chi connectivity index (χ2v) is 5.35. The van der Waals surface area contributed by atoms with Crippen LogP contribution < -0.4 is 10.1 Å². The summed E-state index contributed by atoms with van der Waals surface area (Å²) in [7, 11) is 1.30. The Morgan fingerprint density at radius 2 is 1.92 bits per heavy atom. The molecule has 6 nitrogen and oxygen atoms in total. The molecule has 0 saturated heterocycles. The molecule has 134 valence electrons. The molecule has 1 amide bonds. The largest absolute Gasteiger partial charge is 0.494 e. The van der Waals surface area contributed by atoms with Gasteiger partial charge in [0.2, 0.25) is 0 Å². The molecular weight excluding hydrogens is 329 g/mol. The summed E-state index contributed by atoms with van der Waals surface area (Å²) in [5.41, 5.74) is 1.10. The van der Waals surface area contributed by atoms with Crippen LogP contribution >= 0.6 is 0 Å². The fourth-order valence-corrected chi connectivity index (χ4v) is 2.16. The Morgan fingerprint density at radius 3 is 2.60 bits per heavy atom. The summed E-state index contributed by atoms with van der Waals surface area (Å²) >= 11 is 0. The zero-order chi connectivity index (χ0) is 18.2.